The van der Waals surface area contributed by atoms with Gasteiger partial charge < -0.3 is 4.74 Å². The number of benzene rings is 2. The van der Waals surface area contributed by atoms with Crippen LogP contribution in [0.4, 0.5) is 14.9 Å². The number of urea groups is 1. The van der Waals surface area contributed by atoms with Gasteiger partial charge in [0.25, 0.3) is 0 Å². The van der Waals surface area contributed by atoms with Crippen LogP contribution in [0.3, 0.4) is 0 Å². The van der Waals surface area contributed by atoms with Gasteiger partial charge in [-0.3, -0.25) is 15.0 Å². The molecular formula is C16H13FN2O3. The molecule has 0 saturated carbocycles. The van der Waals surface area contributed by atoms with Crippen LogP contribution in [0.15, 0.2) is 48.5 Å². The van der Waals surface area contributed by atoms with Crippen LogP contribution in [0, 0.1) is 5.82 Å². The molecule has 0 radical (unpaired) electrons. The first kappa shape index (κ1) is 14.1. The lowest BCUT2D eigenvalue weighted by Crippen LogP contribution is -2.49. The van der Waals surface area contributed by atoms with Crippen LogP contribution < -0.4 is 15.0 Å². The molecule has 22 heavy (non-hydrogen) atoms. The zero-order valence-electron chi connectivity index (χ0n) is 11.6. The van der Waals surface area contributed by atoms with E-state index in [2.05, 4.69) is 5.32 Å². The summed E-state index contributed by atoms with van der Waals surface area (Å²) in [6.07, 6.45) is 0.190. The number of carbonyl (C=O) groups excluding carboxylic acids is 2. The van der Waals surface area contributed by atoms with E-state index in [0.717, 1.165) is 0 Å². The molecule has 3 rings (SSSR count). The number of nitrogens with one attached hydrogen (secondary N) is 1. The van der Waals surface area contributed by atoms with E-state index in [-0.39, 0.29) is 24.6 Å². The number of halogens is 1. The van der Waals surface area contributed by atoms with Crippen molar-refractivity contribution in [3.05, 3.63) is 54.3 Å². The van der Waals surface area contributed by atoms with Crippen molar-refractivity contribution in [1.82, 2.24) is 5.32 Å². The Kier molecular flexibility index (Phi) is 3.74. The van der Waals surface area contributed by atoms with Gasteiger partial charge in [-0.1, -0.05) is 18.2 Å². The molecule has 0 bridgehead atoms. The summed E-state index contributed by atoms with van der Waals surface area (Å²) in [5.41, 5.74) is 0.378. The van der Waals surface area contributed by atoms with E-state index in [1.54, 1.807) is 30.3 Å². The van der Waals surface area contributed by atoms with E-state index >= 15 is 0 Å². The van der Waals surface area contributed by atoms with E-state index in [1.165, 1.54) is 17.0 Å². The quantitative estimate of drug-likeness (QED) is 0.947. The number of ether oxygens (including phenoxy) is 1. The third kappa shape index (κ3) is 2.90. The van der Waals surface area contributed by atoms with Crippen LogP contribution in [0.5, 0.6) is 11.5 Å². The Morgan fingerprint density at radius 2 is 1.86 bits per heavy atom. The Labute approximate surface area is 126 Å². The van der Waals surface area contributed by atoms with Crippen molar-refractivity contribution < 1.29 is 18.7 Å². The van der Waals surface area contributed by atoms with Crippen LogP contribution in [0.25, 0.3) is 0 Å². The third-order valence-corrected chi connectivity index (χ3v) is 3.25. The molecule has 0 spiro atoms. The van der Waals surface area contributed by atoms with Crippen molar-refractivity contribution in [2.45, 2.75) is 6.42 Å². The third-order valence-electron chi connectivity index (χ3n) is 3.25. The summed E-state index contributed by atoms with van der Waals surface area (Å²) in [7, 11) is 0. The van der Waals surface area contributed by atoms with E-state index in [4.69, 9.17) is 4.74 Å². The van der Waals surface area contributed by atoms with E-state index in [1.807, 2.05) is 6.07 Å². The highest BCUT2D eigenvalue weighted by Gasteiger charge is 2.24. The SMILES string of the molecule is O=C1CCN(c2ccc(Oc3ccccc3)c(F)c2)C(=O)N1. The van der Waals surface area contributed by atoms with Crippen molar-refractivity contribution >= 4 is 17.6 Å². The van der Waals surface area contributed by atoms with E-state index in [9.17, 15) is 14.0 Å². The second-order valence-corrected chi connectivity index (χ2v) is 4.78. The molecule has 1 aliphatic heterocycles. The molecule has 0 atom stereocenters. The second kappa shape index (κ2) is 5.85. The number of amides is 3. The van der Waals surface area contributed by atoms with Crippen molar-refractivity contribution in [2.75, 3.05) is 11.4 Å². The molecule has 0 aliphatic carbocycles. The van der Waals surface area contributed by atoms with E-state index in [0.29, 0.717) is 11.4 Å². The summed E-state index contributed by atoms with van der Waals surface area (Å²) in [4.78, 5) is 24.2. The van der Waals surface area contributed by atoms with Gasteiger partial charge in [0, 0.05) is 24.7 Å². The molecule has 2 aromatic rings. The van der Waals surface area contributed by atoms with Gasteiger partial charge in [0.2, 0.25) is 5.91 Å². The summed E-state index contributed by atoms with van der Waals surface area (Å²) < 4.78 is 19.6. The van der Waals surface area contributed by atoms with Gasteiger partial charge in [-0.2, -0.15) is 0 Å². The van der Waals surface area contributed by atoms with Gasteiger partial charge in [0.1, 0.15) is 5.75 Å². The predicted octanol–water partition coefficient (Wildman–Crippen LogP) is 3.06. The van der Waals surface area contributed by atoms with Crippen molar-refractivity contribution in [3.63, 3.8) is 0 Å². The highest BCUT2D eigenvalue weighted by atomic mass is 19.1. The van der Waals surface area contributed by atoms with Gasteiger partial charge in [0.15, 0.2) is 11.6 Å². The van der Waals surface area contributed by atoms with Gasteiger partial charge in [0.05, 0.1) is 0 Å². The number of para-hydroxylation sites is 1. The highest BCUT2D eigenvalue weighted by Crippen LogP contribution is 2.28. The average molecular weight is 300 g/mol. The Bertz CT molecular complexity index is 719. The minimum Gasteiger partial charge on any atom is -0.454 e. The lowest BCUT2D eigenvalue weighted by atomic mass is 10.2. The van der Waals surface area contributed by atoms with Crippen molar-refractivity contribution in [3.8, 4) is 11.5 Å². The standard InChI is InChI=1S/C16H13FN2O3/c17-13-10-11(19-9-8-15(20)18-16(19)21)6-7-14(13)22-12-4-2-1-3-5-12/h1-7,10H,8-9H2,(H,18,20,21). The Balaban J connectivity index is 1.80. The predicted molar refractivity (Wildman–Crippen MR) is 78.4 cm³/mol. The molecule has 1 N–H and O–H groups in total. The molecule has 0 unspecified atom stereocenters. The molecule has 1 aliphatic rings. The molecule has 2 aromatic carbocycles. The molecule has 0 aromatic heterocycles. The highest BCUT2D eigenvalue weighted by molar-refractivity contribution is 6.05. The number of nitrogens with zero attached hydrogens (tertiary/aromatic N) is 1. The molecule has 1 heterocycles. The number of anilines is 1. The van der Waals surface area contributed by atoms with Gasteiger partial charge >= 0.3 is 6.03 Å². The number of hydrogen-bond acceptors (Lipinski definition) is 3. The summed E-state index contributed by atoms with van der Waals surface area (Å²) in [6.45, 7) is 0.225. The summed E-state index contributed by atoms with van der Waals surface area (Å²) in [6, 6.07) is 12.6. The lowest BCUT2D eigenvalue weighted by Gasteiger charge is -2.26. The number of hydrogen-bond donors (Lipinski definition) is 1. The molecule has 112 valence electrons. The monoisotopic (exact) mass is 300 g/mol. The second-order valence-electron chi connectivity index (χ2n) is 4.78. The van der Waals surface area contributed by atoms with Crippen molar-refractivity contribution in [1.29, 1.82) is 0 Å². The van der Waals surface area contributed by atoms with Gasteiger partial charge in [-0.25, -0.2) is 9.18 Å². The Morgan fingerprint density at radius 1 is 1.09 bits per heavy atom. The first-order valence-corrected chi connectivity index (χ1v) is 6.77. The zero-order chi connectivity index (χ0) is 15.5. The van der Waals surface area contributed by atoms with Crippen LogP contribution in [0.2, 0.25) is 0 Å². The van der Waals surface area contributed by atoms with Gasteiger partial charge in [-0.15, -0.1) is 0 Å². The topological polar surface area (TPSA) is 58.6 Å². The normalized spacial score (nSPS) is 14.7. The van der Waals surface area contributed by atoms with Crippen LogP contribution in [-0.4, -0.2) is 18.5 Å². The fraction of sp³-hybridized carbons (Fsp3) is 0.125. The summed E-state index contributed by atoms with van der Waals surface area (Å²) in [5.74, 6) is -0.310. The fourth-order valence-corrected chi connectivity index (χ4v) is 2.17. The Morgan fingerprint density at radius 3 is 2.55 bits per heavy atom. The maximum Gasteiger partial charge on any atom is 0.328 e. The molecule has 1 saturated heterocycles. The number of imide groups is 1. The van der Waals surface area contributed by atoms with Gasteiger partial charge in [-0.05, 0) is 24.3 Å². The fourth-order valence-electron chi connectivity index (χ4n) is 2.17. The number of carbonyl (C=O) groups is 2. The minimum absolute atomic E-state index is 0.0726. The summed E-state index contributed by atoms with van der Waals surface area (Å²) >= 11 is 0. The maximum atomic E-state index is 14.1. The molecular weight excluding hydrogens is 287 g/mol. The lowest BCUT2D eigenvalue weighted by molar-refractivity contribution is -0.120. The number of rotatable bonds is 3. The molecule has 1 fully saturated rings. The van der Waals surface area contributed by atoms with Crippen LogP contribution >= 0.6 is 0 Å². The van der Waals surface area contributed by atoms with Crippen LogP contribution in [0.1, 0.15) is 6.42 Å². The van der Waals surface area contributed by atoms with Crippen LogP contribution in [-0.2, 0) is 4.79 Å². The van der Waals surface area contributed by atoms with E-state index < -0.39 is 11.8 Å². The smallest absolute Gasteiger partial charge is 0.328 e. The Hall–Kier alpha value is -2.89. The first-order chi connectivity index (χ1) is 10.6. The molecule has 3 amide bonds. The average Bonchev–Trinajstić information content (AvgIpc) is 2.50. The maximum absolute atomic E-state index is 14.1. The first-order valence-electron chi connectivity index (χ1n) is 6.77. The zero-order valence-corrected chi connectivity index (χ0v) is 11.6. The van der Waals surface area contributed by atoms with Crippen molar-refractivity contribution in [2.24, 2.45) is 0 Å². The molecule has 6 heteroatoms. The molecule has 5 nitrogen and oxygen atoms in total. The largest absolute Gasteiger partial charge is 0.454 e. The minimum atomic E-state index is -0.578. The summed E-state index contributed by atoms with van der Waals surface area (Å²) in [5, 5.41) is 2.20.